The number of nitrogens with zero attached hydrogens (tertiary/aromatic N) is 1. The zero-order valence-corrected chi connectivity index (χ0v) is 19.1. The summed E-state index contributed by atoms with van der Waals surface area (Å²) in [5.41, 5.74) is 0.420. The van der Waals surface area contributed by atoms with Gasteiger partial charge in [0.1, 0.15) is 5.41 Å². The Morgan fingerprint density at radius 3 is 2.35 bits per heavy atom. The normalized spacial score (nSPS) is 18.8. The van der Waals surface area contributed by atoms with Crippen molar-refractivity contribution in [1.29, 1.82) is 0 Å². The van der Waals surface area contributed by atoms with E-state index in [-0.39, 0.29) is 33.0 Å². The summed E-state index contributed by atoms with van der Waals surface area (Å²) in [4.78, 5) is 15.7. The maximum Gasteiger partial charge on any atom is 0.400 e. The van der Waals surface area contributed by atoms with Crippen LogP contribution < -0.4 is 5.32 Å². The third-order valence-electron chi connectivity index (χ3n) is 5.56. The van der Waals surface area contributed by atoms with Crippen molar-refractivity contribution in [2.75, 3.05) is 6.54 Å². The Hall–Kier alpha value is -1.76. The Morgan fingerprint density at radius 1 is 1.16 bits per heavy atom. The highest BCUT2D eigenvalue weighted by Gasteiger charge is 2.58. The van der Waals surface area contributed by atoms with Gasteiger partial charge in [-0.05, 0) is 47.4 Å². The molecule has 0 fully saturated rings. The average molecular weight is 492 g/mol. The zero-order valence-electron chi connectivity index (χ0n) is 16.8. The topological polar surface area (TPSA) is 41.5 Å². The van der Waals surface area contributed by atoms with E-state index >= 15 is 0 Å². The molecular formula is C22H20Cl3F3N2O. The summed E-state index contributed by atoms with van der Waals surface area (Å²) in [5, 5.41) is 2.75. The highest BCUT2D eigenvalue weighted by Crippen LogP contribution is 2.49. The van der Waals surface area contributed by atoms with E-state index < -0.39 is 18.1 Å². The Balaban J connectivity index is 1.91. The summed E-state index contributed by atoms with van der Waals surface area (Å²) in [6.07, 6.45) is -4.53. The van der Waals surface area contributed by atoms with Crippen LogP contribution in [-0.2, 0) is 16.8 Å². The largest absolute Gasteiger partial charge is 0.400 e. The molecule has 1 amide bonds. The molecule has 0 aromatic heterocycles. The van der Waals surface area contributed by atoms with Crippen LogP contribution in [0.1, 0.15) is 42.0 Å². The van der Waals surface area contributed by atoms with E-state index in [1.165, 1.54) is 12.1 Å². The number of hydrogen-bond donors (Lipinski definition) is 1. The van der Waals surface area contributed by atoms with Crippen LogP contribution in [0, 0.1) is 6.92 Å². The number of carbonyl (C=O) groups excluding carboxylic acids is 1. The van der Waals surface area contributed by atoms with E-state index in [1.54, 1.807) is 25.1 Å². The van der Waals surface area contributed by atoms with E-state index in [4.69, 9.17) is 34.8 Å². The number of amides is 1. The summed E-state index contributed by atoms with van der Waals surface area (Å²) < 4.78 is 42.8. The first kappa shape index (κ1) is 23.9. The van der Waals surface area contributed by atoms with Crippen molar-refractivity contribution in [3.05, 3.63) is 67.7 Å². The standard InChI is InChI=1S/C22H20Cl3F3N2O/c1-3-19(31)29-10-14-5-4-13(6-12(14)2)18-9-21(11-30-18,22(26,27)28)15-7-16(23)20(25)17(24)8-15/h4-8H,3,9-11H2,1-2H3,(H,29,31). The minimum Gasteiger partial charge on any atom is -0.352 e. The van der Waals surface area contributed by atoms with Gasteiger partial charge in [-0.15, -0.1) is 0 Å². The van der Waals surface area contributed by atoms with E-state index in [1.807, 2.05) is 6.92 Å². The highest BCUT2D eigenvalue weighted by molar-refractivity contribution is 6.48. The molecule has 1 heterocycles. The Bertz CT molecular complexity index is 1030. The van der Waals surface area contributed by atoms with Crippen LogP contribution in [0.5, 0.6) is 0 Å². The lowest BCUT2D eigenvalue weighted by Crippen LogP contribution is -2.43. The number of aryl methyl sites for hydroxylation is 1. The maximum absolute atomic E-state index is 14.3. The predicted molar refractivity (Wildman–Crippen MR) is 119 cm³/mol. The molecule has 1 aliphatic heterocycles. The number of alkyl halides is 3. The summed E-state index contributed by atoms with van der Waals surface area (Å²) >= 11 is 18.0. The number of benzene rings is 2. The van der Waals surface area contributed by atoms with Gasteiger partial charge in [0.15, 0.2) is 0 Å². The molecule has 0 bridgehead atoms. The number of hydrogen-bond acceptors (Lipinski definition) is 2. The third-order valence-corrected chi connectivity index (χ3v) is 6.76. The zero-order chi connectivity index (χ0) is 23.0. The van der Waals surface area contributed by atoms with Crippen molar-refractivity contribution in [2.24, 2.45) is 4.99 Å². The molecule has 0 aliphatic carbocycles. The van der Waals surface area contributed by atoms with Crippen LogP contribution in [0.25, 0.3) is 0 Å². The smallest absolute Gasteiger partial charge is 0.352 e. The fourth-order valence-electron chi connectivity index (χ4n) is 3.59. The predicted octanol–water partition coefficient (Wildman–Crippen LogP) is 6.67. The van der Waals surface area contributed by atoms with Crippen LogP contribution in [0.4, 0.5) is 13.2 Å². The maximum atomic E-state index is 14.3. The first-order chi connectivity index (χ1) is 14.5. The van der Waals surface area contributed by atoms with E-state index in [9.17, 15) is 18.0 Å². The first-order valence-corrected chi connectivity index (χ1v) is 10.7. The van der Waals surface area contributed by atoms with Crippen molar-refractivity contribution in [1.82, 2.24) is 5.32 Å². The van der Waals surface area contributed by atoms with Gasteiger partial charge in [-0.1, -0.05) is 53.9 Å². The van der Waals surface area contributed by atoms with Gasteiger partial charge in [0.05, 0.1) is 21.6 Å². The summed E-state index contributed by atoms with van der Waals surface area (Å²) in [7, 11) is 0. The number of aliphatic imine (C=N–C) groups is 1. The quantitative estimate of drug-likeness (QED) is 0.466. The van der Waals surface area contributed by atoms with Crippen molar-refractivity contribution in [3.63, 3.8) is 0 Å². The van der Waals surface area contributed by atoms with E-state index in [0.29, 0.717) is 24.2 Å². The molecule has 166 valence electrons. The minimum atomic E-state index is -4.57. The number of halogens is 6. The van der Waals surface area contributed by atoms with Crippen LogP contribution in [0.15, 0.2) is 35.3 Å². The van der Waals surface area contributed by atoms with Gasteiger partial charge in [-0.25, -0.2) is 0 Å². The Labute approximate surface area is 193 Å². The SMILES string of the molecule is CCC(=O)NCc1ccc(C2=NCC(c3cc(Cl)c(Cl)c(Cl)c3)(C(F)(F)F)C2)cc1C. The fraction of sp³-hybridized carbons (Fsp3) is 0.364. The molecule has 0 spiro atoms. The van der Waals surface area contributed by atoms with Gasteiger partial charge in [0.2, 0.25) is 5.91 Å². The van der Waals surface area contributed by atoms with Crippen LogP contribution in [0.2, 0.25) is 15.1 Å². The number of nitrogens with one attached hydrogen (secondary N) is 1. The molecule has 31 heavy (non-hydrogen) atoms. The van der Waals surface area contributed by atoms with Crippen LogP contribution in [-0.4, -0.2) is 24.3 Å². The van der Waals surface area contributed by atoms with Gasteiger partial charge in [-0.2, -0.15) is 13.2 Å². The average Bonchev–Trinajstić information content (AvgIpc) is 3.17. The molecule has 1 aliphatic rings. The molecular weight excluding hydrogens is 472 g/mol. The lowest BCUT2D eigenvalue weighted by molar-refractivity contribution is -0.183. The second kappa shape index (κ2) is 9.00. The second-order valence-corrected chi connectivity index (χ2v) is 8.74. The molecule has 0 radical (unpaired) electrons. The molecule has 3 rings (SSSR count). The monoisotopic (exact) mass is 490 g/mol. The van der Waals surface area contributed by atoms with Crippen LogP contribution >= 0.6 is 34.8 Å². The highest BCUT2D eigenvalue weighted by atomic mass is 35.5. The minimum absolute atomic E-state index is 0.0184. The molecule has 0 saturated heterocycles. The first-order valence-electron chi connectivity index (χ1n) is 9.60. The molecule has 1 atom stereocenters. The molecule has 0 saturated carbocycles. The summed E-state index contributed by atoms with van der Waals surface area (Å²) in [6, 6.07) is 7.75. The molecule has 9 heteroatoms. The van der Waals surface area contributed by atoms with Crippen LogP contribution in [0.3, 0.4) is 0 Å². The van der Waals surface area contributed by atoms with Gasteiger partial charge in [0.25, 0.3) is 0 Å². The van der Waals surface area contributed by atoms with Gasteiger partial charge < -0.3 is 5.32 Å². The summed E-state index contributed by atoms with van der Waals surface area (Å²) in [5.74, 6) is -0.0705. The van der Waals surface area contributed by atoms with Crippen molar-refractivity contribution in [3.8, 4) is 0 Å². The number of rotatable bonds is 5. The Morgan fingerprint density at radius 2 is 1.81 bits per heavy atom. The lowest BCUT2D eigenvalue weighted by Gasteiger charge is -2.32. The molecule has 2 aromatic rings. The van der Waals surface area contributed by atoms with Gasteiger partial charge >= 0.3 is 6.18 Å². The second-order valence-electron chi connectivity index (χ2n) is 7.54. The molecule has 2 aromatic carbocycles. The van der Waals surface area contributed by atoms with E-state index in [0.717, 1.165) is 11.1 Å². The van der Waals surface area contributed by atoms with Gasteiger partial charge in [0, 0.05) is 25.1 Å². The lowest BCUT2D eigenvalue weighted by atomic mass is 9.76. The third kappa shape index (κ3) is 4.71. The molecule has 1 N–H and O–H groups in total. The van der Waals surface area contributed by atoms with E-state index in [2.05, 4.69) is 10.3 Å². The van der Waals surface area contributed by atoms with Gasteiger partial charge in [-0.3, -0.25) is 9.79 Å². The molecule has 3 nitrogen and oxygen atoms in total. The number of carbonyl (C=O) groups is 1. The summed E-state index contributed by atoms with van der Waals surface area (Å²) in [6.45, 7) is 3.51. The van der Waals surface area contributed by atoms with Crippen molar-refractivity contribution >= 4 is 46.4 Å². The molecule has 1 unspecified atom stereocenters. The van der Waals surface area contributed by atoms with Crippen molar-refractivity contribution < 1.29 is 18.0 Å². The Kier molecular flexibility index (Phi) is 6.94. The van der Waals surface area contributed by atoms with Crippen molar-refractivity contribution in [2.45, 2.75) is 44.8 Å². The fourth-order valence-corrected chi connectivity index (χ4v) is 4.19.